The summed E-state index contributed by atoms with van der Waals surface area (Å²) in [5, 5.41) is 8.40. The third-order valence-corrected chi connectivity index (χ3v) is 2.13. The first-order valence-corrected chi connectivity index (χ1v) is 4.56. The van der Waals surface area contributed by atoms with Crippen LogP contribution in [0.25, 0.3) is 0 Å². The molecule has 0 aliphatic carbocycles. The largest absolute Gasteiger partial charge is 0.323 e. The van der Waals surface area contributed by atoms with Crippen molar-refractivity contribution in [3.63, 3.8) is 0 Å². The van der Waals surface area contributed by atoms with E-state index in [0.29, 0.717) is 6.42 Å². The molecule has 1 heterocycles. The Hall–Kier alpha value is -0.670. The fourth-order valence-corrected chi connectivity index (χ4v) is 1.14. The van der Waals surface area contributed by atoms with E-state index in [9.17, 15) is 0 Å². The summed E-state index contributed by atoms with van der Waals surface area (Å²) in [4.78, 5) is 4.08. The lowest BCUT2D eigenvalue weighted by atomic mass is 10.1. The molecule has 0 saturated carbocycles. The molecule has 0 aromatic carbocycles. The number of nitriles is 1. The Morgan fingerprint density at radius 3 is 2.92 bits per heavy atom. The van der Waals surface area contributed by atoms with E-state index < -0.39 is 0 Å². The summed E-state index contributed by atoms with van der Waals surface area (Å²) in [6.07, 6.45) is 2.05. The highest BCUT2D eigenvalue weighted by Crippen LogP contribution is 2.12. The second-order valence-corrected chi connectivity index (χ2v) is 3.49. The van der Waals surface area contributed by atoms with Crippen LogP contribution in [0, 0.1) is 15.0 Å². The molecule has 62 valence electrons. The fourth-order valence-electron chi connectivity index (χ4n) is 0.823. The van der Waals surface area contributed by atoms with Crippen molar-refractivity contribution in [2.45, 2.75) is 12.5 Å². The first-order chi connectivity index (χ1) is 5.74. The third-order valence-electron chi connectivity index (χ3n) is 1.49. The van der Waals surface area contributed by atoms with Gasteiger partial charge in [-0.05, 0) is 34.2 Å². The topological polar surface area (TPSA) is 62.7 Å². The predicted molar refractivity (Wildman–Crippen MR) is 54.1 cm³/mol. The Bertz CT molecular complexity index is 288. The first-order valence-electron chi connectivity index (χ1n) is 3.48. The second-order valence-electron chi connectivity index (χ2n) is 2.38. The van der Waals surface area contributed by atoms with E-state index in [1.165, 1.54) is 0 Å². The van der Waals surface area contributed by atoms with Crippen LogP contribution >= 0.6 is 22.6 Å². The highest BCUT2D eigenvalue weighted by atomic mass is 127. The maximum absolute atomic E-state index is 8.40. The number of hydrogen-bond donors (Lipinski definition) is 1. The van der Waals surface area contributed by atoms with Gasteiger partial charge in [0.25, 0.3) is 0 Å². The minimum absolute atomic E-state index is 0.209. The van der Waals surface area contributed by atoms with Crippen LogP contribution in [0.2, 0.25) is 0 Å². The van der Waals surface area contributed by atoms with Gasteiger partial charge in [0.05, 0.1) is 12.5 Å². The number of pyridine rings is 1. The van der Waals surface area contributed by atoms with Gasteiger partial charge in [-0.25, -0.2) is 4.98 Å². The zero-order valence-corrected chi connectivity index (χ0v) is 8.52. The third kappa shape index (κ3) is 2.43. The molecule has 0 radical (unpaired) electrons. The van der Waals surface area contributed by atoms with E-state index in [0.717, 1.165) is 9.26 Å². The number of hydrogen-bond acceptors (Lipinski definition) is 3. The number of halogens is 1. The minimum Gasteiger partial charge on any atom is -0.323 e. The van der Waals surface area contributed by atoms with E-state index in [2.05, 4.69) is 27.6 Å². The van der Waals surface area contributed by atoms with Gasteiger partial charge in [0, 0.05) is 12.2 Å². The van der Waals surface area contributed by atoms with Gasteiger partial charge < -0.3 is 5.73 Å². The molecule has 2 N–H and O–H groups in total. The Morgan fingerprint density at radius 2 is 2.42 bits per heavy atom. The summed E-state index contributed by atoms with van der Waals surface area (Å²) >= 11 is 2.12. The van der Waals surface area contributed by atoms with Crippen LogP contribution in [0.3, 0.4) is 0 Å². The normalized spacial score (nSPS) is 12.1. The first kappa shape index (κ1) is 9.42. The molecule has 1 unspecified atom stereocenters. The average molecular weight is 273 g/mol. The standard InChI is InChI=1S/C8H8IN3/c9-8-2-1-6(5-12-8)7(11)3-4-10/h1-2,5,7H,3,11H2. The SMILES string of the molecule is N#CCC(N)c1ccc(I)nc1. The van der Waals surface area contributed by atoms with Crippen molar-refractivity contribution in [3.05, 3.63) is 27.6 Å². The van der Waals surface area contributed by atoms with Crippen LogP contribution in [0.4, 0.5) is 0 Å². The van der Waals surface area contributed by atoms with Crippen LogP contribution < -0.4 is 5.73 Å². The number of aromatic nitrogens is 1. The molecule has 0 saturated heterocycles. The molecule has 4 heteroatoms. The molecule has 1 atom stereocenters. The van der Waals surface area contributed by atoms with Crippen LogP contribution in [-0.2, 0) is 0 Å². The summed E-state index contributed by atoms with van der Waals surface area (Å²) < 4.78 is 0.931. The molecular formula is C8H8IN3. The van der Waals surface area contributed by atoms with Crippen molar-refractivity contribution in [2.24, 2.45) is 5.73 Å². The summed E-state index contributed by atoms with van der Waals surface area (Å²) in [6.45, 7) is 0. The predicted octanol–water partition coefficient (Wildman–Crippen LogP) is 1.60. The molecule has 0 amide bonds. The van der Waals surface area contributed by atoms with Crippen LogP contribution in [0.15, 0.2) is 18.3 Å². The molecule has 12 heavy (non-hydrogen) atoms. The molecular weight excluding hydrogens is 265 g/mol. The van der Waals surface area contributed by atoms with Crippen molar-refractivity contribution in [3.8, 4) is 6.07 Å². The van der Waals surface area contributed by atoms with Gasteiger partial charge in [0.15, 0.2) is 0 Å². The molecule has 3 nitrogen and oxygen atoms in total. The van der Waals surface area contributed by atoms with E-state index >= 15 is 0 Å². The van der Waals surface area contributed by atoms with Gasteiger partial charge >= 0.3 is 0 Å². The number of nitrogens with zero attached hydrogens (tertiary/aromatic N) is 2. The Balaban J connectivity index is 2.76. The van der Waals surface area contributed by atoms with Crippen LogP contribution in [0.5, 0.6) is 0 Å². The van der Waals surface area contributed by atoms with E-state index in [4.69, 9.17) is 11.0 Å². The highest BCUT2D eigenvalue weighted by Gasteiger charge is 2.04. The minimum atomic E-state index is -0.209. The Morgan fingerprint density at radius 1 is 1.67 bits per heavy atom. The van der Waals surface area contributed by atoms with Gasteiger partial charge in [0.1, 0.15) is 3.70 Å². The average Bonchev–Trinajstić information content (AvgIpc) is 2.06. The van der Waals surface area contributed by atoms with Gasteiger partial charge in [-0.3, -0.25) is 0 Å². The van der Waals surface area contributed by atoms with Crippen molar-refractivity contribution in [1.29, 1.82) is 5.26 Å². The summed E-state index contributed by atoms with van der Waals surface area (Å²) in [6, 6.07) is 5.60. The molecule has 0 aliphatic heterocycles. The second kappa shape index (κ2) is 4.38. The summed E-state index contributed by atoms with van der Waals surface area (Å²) in [5.41, 5.74) is 6.60. The van der Waals surface area contributed by atoms with Gasteiger partial charge in [0.2, 0.25) is 0 Å². The van der Waals surface area contributed by atoms with E-state index in [1.807, 2.05) is 18.2 Å². The smallest absolute Gasteiger partial charge is 0.101 e. The van der Waals surface area contributed by atoms with Gasteiger partial charge in [-0.2, -0.15) is 5.26 Å². The van der Waals surface area contributed by atoms with Crippen LogP contribution in [0.1, 0.15) is 18.0 Å². The molecule has 0 bridgehead atoms. The van der Waals surface area contributed by atoms with Crippen molar-refractivity contribution >= 4 is 22.6 Å². The van der Waals surface area contributed by atoms with Crippen LogP contribution in [-0.4, -0.2) is 4.98 Å². The Labute approximate surface area is 84.7 Å². The van der Waals surface area contributed by atoms with E-state index in [-0.39, 0.29) is 6.04 Å². The monoisotopic (exact) mass is 273 g/mol. The maximum Gasteiger partial charge on any atom is 0.101 e. The Kier molecular flexibility index (Phi) is 3.44. The molecule has 0 spiro atoms. The lowest BCUT2D eigenvalue weighted by molar-refractivity contribution is 0.743. The quantitative estimate of drug-likeness (QED) is 0.657. The van der Waals surface area contributed by atoms with Gasteiger partial charge in [-0.15, -0.1) is 0 Å². The maximum atomic E-state index is 8.40. The zero-order chi connectivity index (χ0) is 8.97. The zero-order valence-electron chi connectivity index (χ0n) is 6.37. The summed E-state index contributed by atoms with van der Waals surface area (Å²) in [5.74, 6) is 0. The molecule has 1 aromatic rings. The van der Waals surface area contributed by atoms with Crippen molar-refractivity contribution < 1.29 is 0 Å². The lowest BCUT2D eigenvalue weighted by Crippen LogP contribution is -2.09. The van der Waals surface area contributed by atoms with Crippen molar-refractivity contribution in [2.75, 3.05) is 0 Å². The van der Waals surface area contributed by atoms with Gasteiger partial charge in [-0.1, -0.05) is 6.07 Å². The lowest BCUT2D eigenvalue weighted by Gasteiger charge is -2.05. The number of rotatable bonds is 2. The molecule has 1 rings (SSSR count). The fraction of sp³-hybridized carbons (Fsp3) is 0.250. The van der Waals surface area contributed by atoms with Crippen molar-refractivity contribution in [1.82, 2.24) is 4.98 Å². The summed E-state index contributed by atoms with van der Waals surface area (Å²) in [7, 11) is 0. The molecule has 0 aliphatic rings. The molecule has 0 fully saturated rings. The number of nitrogens with two attached hydrogens (primary N) is 1. The van der Waals surface area contributed by atoms with E-state index in [1.54, 1.807) is 6.20 Å². The highest BCUT2D eigenvalue weighted by molar-refractivity contribution is 14.1. The molecule has 1 aromatic heterocycles.